The number of nitrogens with one attached hydrogen (secondary N) is 1. The summed E-state index contributed by atoms with van der Waals surface area (Å²) in [6.07, 6.45) is 1.65. The molecule has 0 fully saturated rings. The average Bonchev–Trinajstić information content (AvgIpc) is 3.28. The minimum absolute atomic E-state index is 0.00835. The largest absolute Gasteiger partial charge is 0.488 e. The van der Waals surface area contributed by atoms with Gasteiger partial charge in [-0.15, -0.1) is 11.3 Å². The van der Waals surface area contributed by atoms with Crippen LogP contribution in [0, 0.1) is 11.2 Å². The van der Waals surface area contributed by atoms with Crippen LogP contribution in [-0.2, 0) is 4.74 Å². The van der Waals surface area contributed by atoms with Gasteiger partial charge in [0.15, 0.2) is 17.3 Å². The van der Waals surface area contributed by atoms with E-state index >= 15 is 0 Å². The number of hydrogen-bond acceptors (Lipinski definition) is 8. The average molecular weight is 362 g/mol. The molecule has 2 aromatic heterocycles. The predicted molar refractivity (Wildman–Crippen MR) is 91.7 cm³/mol. The third kappa shape index (κ3) is 3.67. The number of benzene rings is 1. The van der Waals surface area contributed by atoms with Gasteiger partial charge in [0.05, 0.1) is 17.0 Å². The Kier molecular flexibility index (Phi) is 5.05. The first-order valence-electron chi connectivity index (χ1n) is 7.25. The van der Waals surface area contributed by atoms with Gasteiger partial charge in [0, 0.05) is 36.7 Å². The Labute approximate surface area is 146 Å². The summed E-state index contributed by atoms with van der Waals surface area (Å²) in [6, 6.07) is 4.08. The van der Waals surface area contributed by atoms with Crippen molar-refractivity contribution in [3.05, 3.63) is 47.0 Å². The van der Waals surface area contributed by atoms with Crippen LogP contribution >= 0.6 is 11.3 Å². The molecule has 9 heteroatoms. The molecule has 0 aliphatic rings. The molecule has 0 unspecified atom stereocenters. The van der Waals surface area contributed by atoms with E-state index in [1.807, 2.05) is 0 Å². The zero-order valence-corrected chi connectivity index (χ0v) is 14.1. The lowest BCUT2D eigenvalue weighted by molar-refractivity contribution is 0.144. The lowest BCUT2D eigenvalue weighted by atomic mass is 10.0. The molecule has 3 N–H and O–H groups in total. The van der Waals surface area contributed by atoms with Gasteiger partial charge in [0.25, 0.3) is 0 Å². The molecule has 0 amide bonds. The Morgan fingerprint density at radius 2 is 2.20 bits per heavy atom. The van der Waals surface area contributed by atoms with E-state index in [1.54, 1.807) is 17.8 Å². The number of hydrogen-bond donors (Lipinski definition) is 2. The quantitative estimate of drug-likeness (QED) is 0.380. The molecule has 1 aromatic carbocycles. The molecule has 0 aliphatic heterocycles. The Bertz CT molecular complexity index is 880. The second-order valence-corrected chi connectivity index (χ2v) is 5.91. The summed E-state index contributed by atoms with van der Waals surface area (Å²) in [5, 5.41) is 12.1. The third-order valence-corrected chi connectivity index (χ3v) is 4.16. The zero-order valence-electron chi connectivity index (χ0n) is 13.3. The topological polar surface area (TPSA) is 107 Å². The fourth-order valence-corrected chi connectivity index (χ4v) is 2.69. The molecule has 3 rings (SSSR count). The van der Waals surface area contributed by atoms with Crippen molar-refractivity contribution >= 4 is 22.7 Å². The molecule has 0 radical (unpaired) electrons. The molecular weight excluding hydrogens is 347 g/mol. The summed E-state index contributed by atoms with van der Waals surface area (Å²) in [5.74, 6) is -0.427. The van der Waals surface area contributed by atoms with Crippen molar-refractivity contribution < 1.29 is 18.4 Å². The molecule has 0 saturated heterocycles. The molecule has 0 atom stereocenters. The van der Waals surface area contributed by atoms with Gasteiger partial charge in [-0.2, -0.15) is 0 Å². The lowest BCUT2D eigenvalue weighted by Gasteiger charge is -2.11. The second-order valence-electron chi connectivity index (χ2n) is 5.03. The van der Waals surface area contributed by atoms with Crippen molar-refractivity contribution in [3.8, 4) is 16.3 Å². The maximum atomic E-state index is 14.2. The number of ether oxygens (including phenoxy) is 2. The van der Waals surface area contributed by atoms with E-state index in [9.17, 15) is 4.39 Å². The first-order valence-corrected chi connectivity index (χ1v) is 8.13. The van der Waals surface area contributed by atoms with Gasteiger partial charge in [-0.05, 0) is 6.07 Å². The van der Waals surface area contributed by atoms with Crippen LogP contribution in [-0.4, -0.2) is 36.2 Å². The smallest absolute Gasteiger partial charge is 0.185 e. The van der Waals surface area contributed by atoms with E-state index in [0.29, 0.717) is 12.3 Å². The van der Waals surface area contributed by atoms with Crippen molar-refractivity contribution in [2.24, 2.45) is 0 Å². The summed E-state index contributed by atoms with van der Waals surface area (Å²) < 4.78 is 29.5. The summed E-state index contributed by atoms with van der Waals surface area (Å²) in [6.45, 7) is 0.527. The number of thiazole rings is 1. The molecular formula is C16H15FN4O3S. The minimum atomic E-state index is -0.618. The first-order chi connectivity index (χ1) is 12.1. The Hall–Kier alpha value is -2.78. The summed E-state index contributed by atoms with van der Waals surface area (Å²) in [4.78, 5) is 4.78. The highest BCUT2D eigenvalue weighted by Crippen LogP contribution is 2.28. The number of halogens is 1. The van der Waals surface area contributed by atoms with Gasteiger partial charge in [-0.25, -0.2) is 4.39 Å². The molecule has 25 heavy (non-hydrogen) atoms. The monoisotopic (exact) mass is 362 g/mol. The lowest BCUT2D eigenvalue weighted by Crippen LogP contribution is -2.09. The summed E-state index contributed by atoms with van der Waals surface area (Å²) in [5.41, 5.74) is 8.51. The van der Waals surface area contributed by atoms with E-state index in [-0.39, 0.29) is 35.1 Å². The van der Waals surface area contributed by atoms with Crippen molar-refractivity contribution in [3.63, 3.8) is 0 Å². The van der Waals surface area contributed by atoms with Crippen LogP contribution in [0.3, 0.4) is 0 Å². The second kappa shape index (κ2) is 7.41. The van der Waals surface area contributed by atoms with Crippen LogP contribution in [0.1, 0.15) is 11.3 Å². The molecule has 0 aliphatic carbocycles. The fraction of sp³-hybridized carbons (Fsp3) is 0.188. The molecule has 7 nitrogen and oxygen atoms in total. The fourth-order valence-electron chi connectivity index (χ4n) is 2.12. The molecule has 130 valence electrons. The van der Waals surface area contributed by atoms with Crippen LogP contribution in [0.15, 0.2) is 34.4 Å². The van der Waals surface area contributed by atoms with E-state index in [0.717, 1.165) is 10.9 Å². The van der Waals surface area contributed by atoms with Gasteiger partial charge in [-0.1, -0.05) is 5.16 Å². The number of nitrogens with two attached hydrogens (primary N) is 1. The van der Waals surface area contributed by atoms with E-state index < -0.39 is 5.82 Å². The molecule has 0 spiro atoms. The number of nitrogens with zero attached hydrogens (tertiary/aromatic N) is 2. The number of aromatic nitrogens is 2. The van der Waals surface area contributed by atoms with Gasteiger partial charge >= 0.3 is 0 Å². The van der Waals surface area contributed by atoms with Gasteiger partial charge in [0.1, 0.15) is 18.0 Å². The van der Waals surface area contributed by atoms with Crippen LogP contribution < -0.4 is 10.5 Å². The van der Waals surface area contributed by atoms with E-state index in [1.165, 1.54) is 24.5 Å². The highest BCUT2D eigenvalue weighted by molar-refractivity contribution is 7.13. The number of methoxy groups -OCH3 is 1. The number of nitrogen functional groups attached to an aromatic ring is 1. The Balaban J connectivity index is 1.83. The zero-order chi connectivity index (χ0) is 17.8. The SMILES string of the molecule is COCCOc1cc(N)c(C(=N)c2cc(-c3cncs3)no2)cc1F. The predicted octanol–water partition coefficient (Wildman–Crippen LogP) is 2.96. The number of anilines is 1. The summed E-state index contributed by atoms with van der Waals surface area (Å²) >= 11 is 1.40. The van der Waals surface area contributed by atoms with Crippen LogP contribution in [0.2, 0.25) is 0 Å². The minimum Gasteiger partial charge on any atom is -0.488 e. The maximum Gasteiger partial charge on any atom is 0.185 e. The van der Waals surface area contributed by atoms with E-state index in [2.05, 4.69) is 10.1 Å². The standard InChI is InChI=1S/C16H15FN4O3S/c1-22-2-3-23-13-5-11(18)9(4-10(13)17)16(19)14-6-12(21-24-14)15-7-20-8-25-15/h4-8,19H,2-3,18H2,1H3. The van der Waals surface area contributed by atoms with Crippen molar-refractivity contribution in [2.45, 2.75) is 0 Å². The highest BCUT2D eigenvalue weighted by atomic mass is 32.1. The molecule has 3 aromatic rings. The molecule has 0 saturated carbocycles. The Morgan fingerprint density at radius 1 is 1.36 bits per heavy atom. The van der Waals surface area contributed by atoms with Gasteiger partial charge in [0.2, 0.25) is 0 Å². The Morgan fingerprint density at radius 3 is 2.92 bits per heavy atom. The van der Waals surface area contributed by atoms with Crippen LogP contribution in [0.25, 0.3) is 10.6 Å². The highest BCUT2D eigenvalue weighted by Gasteiger charge is 2.18. The maximum absolute atomic E-state index is 14.2. The van der Waals surface area contributed by atoms with E-state index in [4.69, 9.17) is 25.1 Å². The summed E-state index contributed by atoms with van der Waals surface area (Å²) in [7, 11) is 1.52. The molecule has 2 heterocycles. The van der Waals surface area contributed by atoms with Crippen molar-refractivity contribution in [1.29, 1.82) is 5.41 Å². The third-order valence-electron chi connectivity index (χ3n) is 3.36. The van der Waals surface area contributed by atoms with Crippen molar-refractivity contribution in [2.75, 3.05) is 26.1 Å². The first kappa shape index (κ1) is 17.1. The number of rotatable bonds is 7. The van der Waals surface area contributed by atoms with Crippen molar-refractivity contribution in [1.82, 2.24) is 10.1 Å². The van der Waals surface area contributed by atoms with Gasteiger partial charge in [-0.3, -0.25) is 10.4 Å². The van der Waals surface area contributed by atoms with Crippen LogP contribution in [0.5, 0.6) is 5.75 Å². The van der Waals surface area contributed by atoms with Gasteiger partial charge < -0.3 is 19.7 Å². The normalized spacial score (nSPS) is 10.8. The van der Waals surface area contributed by atoms with Crippen LogP contribution in [0.4, 0.5) is 10.1 Å². The molecule has 0 bridgehead atoms.